The first kappa shape index (κ1) is 6.47. The number of rotatable bonds is 1. The van der Waals surface area contributed by atoms with Gasteiger partial charge in [0.05, 0.1) is 5.75 Å². The minimum absolute atomic E-state index is 0.275. The third-order valence-electron chi connectivity index (χ3n) is 1.07. The van der Waals surface area contributed by atoms with Crippen LogP contribution in [0.2, 0.25) is 0 Å². The molecule has 0 atom stereocenters. The van der Waals surface area contributed by atoms with E-state index in [0.717, 1.165) is 5.75 Å². The lowest BCUT2D eigenvalue weighted by atomic mass is 10.3. The Balaban J connectivity index is 2.88. The maximum Gasteiger partial charge on any atom is 0.496 e. The summed E-state index contributed by atoms with van der Waals surface area (Å²) in [5, 5.41) is 8.81. The maximum absolute atomic E-state index is 8.81. The first-order valence-electron chi connectivity index (χ1n) is 2.66. The Labute approximate surface area is 61.8 Å². The van der Waals surface area contributed by atoms with Crippen molar-refractivity contribution < 1.29 is 8.90 Å². The van der Waals surface area contributed by atoms with Crippen LogP contribution in [-0.2, 0) is 0 Å². The third kappa shape index (κ3) is 1.63. The second-order valence-electron chi connectivity index (χ2n) is 1.70. The van der Waals surface area contributed by atoms with Crippen LogP contribution >= 0.6 is 0 Å². The number of hydrogen-bond acceptors (Lipinski definition) is 2. The van der Waals surface area contributed by atoms with Gasteiger partial charge in [0.15, 0.2) is 0 Å². The molecule has 1 aromatic carbocycles. The molecular weight excluding hydrogens is 131 g/mol. The van der Waals surface area contributed by atoms with Gasteiger partial charge in [-0.3, -0.25) is 0 Å². The van der Waals surface area contributed by atoms with E-state index in [1.807, 2.05) is 0 Å². The molecule has 0 aliphatic carbocycles. The molecule has 1 rings (SSSR count). The number of phenolic OH excluding ortho intramolecular Hbond substituents is 1. The van der Waals surface area contributed by atoms with Crippen LogP contribution in [0, 0.1) is 0 Å². The van der Waals surface area contributed by atoms with Gasteiger partial charge in [-0.2, -0.15) is 0 Å². The number of benzene rings is 1. The van der Waals surface area contributed by atoms with Crippen molar-refractivity contribution in [1.82, 2.24) is 0 Å². The van der Waals surface area contributed by atoms with Gasteiger partial charge in [-0.15, -0.1) is 0 Å². The summed E-state index contributed by atoms with van der Waals surface area (Å²) in [5.41, 5.74) is 0. The molecule has 0 saturated heterocycles. The fraction of sp³-hybridized carbons (Fsp3) is 0. The summed E-state index contributed by atoms with van der Waals surface area (Å²) in [6, 6.07) is 6.69. The highest BCUT2D eigenvalue weighted by Gasteiger charge is 1.86. The summed E-state index contributed by atoms with van der Waals surface area (Å²) >= 11 is 0.693. The summed E-state index contributed by atoms with van der Waals surface area (Å²) in [5.74, 6) is 1.09. The van der Waals surface area contributed by atoms with E-state index in [-0.39, 0.29) is 5.75 Å². The highest BCUT2D eigenvalue weighted by Crippen LogP contribution is 2.14. The predicted molar refractivity (Wildman–Crippen MR) is 37.3 cm³/mol. The zero-order chi connectivity index (χ0) is 6.69. The van der Waals surface area contributed by atoms with Crippen molar-refractivity contribution in [2.75, 3.05) is 0 Å². The summed E-state index contributed by atoms with van der Waals surface area (Å²) in [6.45, 7) is 0. The van der Waals surface area contributed by atoms with E-state index in [1.165, 1.54) is 0 Å². The lowest BCUT2D eigenvalue weighted by molar-refractivity contribution is 0.474. The van der Waals surface area contributed by atoms with Crippen molar-refractivity contribution in [2.24, 2.45) is 0 Å². The van der Waals surface area contributed by atoms with E-state index in [1.54, 1.807) is 24.3 Å². The molecule has 0 radical (unpaired) electrons. The van der Waals surface area contributed by atoms with Crippen LogP contribution < -0.4 is 3.79 Å². The highest BCUT2D eigenvalue weighted by atomic mass is 27.1. The van der Waals surface area contributed by atoms with Gasteiger partial charge in [-0.05, 0) is 24.3 Å². The minimum atomic E-state index is 0.275. The van der Waals surface area contributed by atoms with Gasteiger partial charge in [-0.1, -0.05) is 0 Å². The van der Waals surface area contributed by atoms with Crippen LogP contribution in [0.15, 0.2) is 24.3 Å². The summed E-state index contributed by atoms with van der Waals surface area (Å²) < 4.78 is 5.00. The molecule has 0 aliphatic heterocycles. The Morgan fingerprint density at radius 1 is 1.22 bits per heavy atom. The summed E-state index contributed by atoms with van der Waals surface area (Å²) in [4.78, 5) is 0. The second-order valence-corrected chi connectivity index (χ2v) is 2.11. The zero-order valence-corrected chi connectivity index (χ0v) is 7.16. The average Bonchev–Trinajstić information content (AvgIpc) is 1.90. The van der Waals surface area contributed by atoms with Crippen LogP contribution in [0.1, 0.15) is 0 Å². The summed E-state index contributed by atoms with van der Waals surface area (Å²) in [6.07, 6.45) is 0. The third-order valence-corrected chi connectivity index (χ3v) is 1.54. The Morgan fingerprint density at radius 2 is 1.78 bits per heavy atom. The molecule has 46 valence electrons. The van der Waals surface area contributed by atoms with Crippen molar-refractivity contribution in [3.63, 3.8) is 0 Å². The van der Waals surface area contributed by atoms with Gasteiger partial charge in [0.1, 0.15) is 5.75 Å². The SMILES string of the molecule is Oc1ccc([O][AlH2])cc1. The molecular formula is C6H7AlO2. The topological polar surface area (TPSA) is 29.5 Å². The first-order valence-corrected chi connectivity index (χ1v) is 3.47. The van der Waals surface area contributed by atoms with E-state index in [0.29, 0.717) is 16.6 Å². The number of phenols is 1. The van der Waals surface area contributed by atoms with Crippen molar-refractivity contribution in [3.8, 4) is 11.5 Å². The molecule has 0 aliphatic rings. The number of hydrogen-bond donors (Lipinski definition) is 1. The fourth-order valence-electron chi connectivity index (χ4n) is 0.582. The molecule has 0 saturated carbocycles. The summed E-state index contributed by atoms with van der Waals surface area (Å²) in [7, 11) is 0. The Hall–Kier alpha value is -0.648. The fourth-order valence-corrected chi connectivity index (χ4v) is 0.854. The zero-order valence-electron chi connectivity index (χ0n) is 5.16. The molecule has 0 aromatic heterocycles. The normalized spacial score (nSPS) is 8.89. The minimum Gasteiger partial charge on any atom is -0.647 e. The Kier molecular flexibility index (Phi) is 1.99. The van der Waals surface area contributed by atoms with Crippen LogP contribution in [0.3, 0.4) is 0 Å². The van der Waals surface area contributed by atoms with Crippen molar-refractivity contribution >= 4 is 16.6 Å². The van der Waals surface area contributed by atoms with Crippen molar-refractivity contribution in [1.29, 1.82) is 0 Å². The molecule has 1 N–H and O–H groups in total. The second kappa shape index (κ2) is 2.77. The van der Waals surface area contributed by atoms with Gasteiger partial charge in [-0.25, -0.2) is 0 Å². The maximum atomic E-state index is 8.81. The number of aromatic hydroxyl groups is 1. The molecule has 0 heterocycles. The van der Waals surface area contributed by atoms with Crippen LogP contribution in [0.4, 0.5) is 0 Å². The van der Waals surface area contributed by atoms with E-state index in [4.69, 9.17) is 8.90 Å². The smallest absolute Gasteiger partial charge is 0.496 e. The van der Waals surface area contributed by atoms with Crippen LogP contribution in [0.25, 0.3) is 0 Å². The van der Waals surface area contributed by atoms with Gasteiger partial charge in [0, 0.05) is 0 Å². The molecule has 0 unspecified atom stereocenters. The molecule has 0 amide bonds. The van der Waals surface area contributed by atoms with Gasteiger partial charge in [0.2, 0.25) is 0 Å². The van der Waals surface area contributed by atoms with E-state index in [9.17, 15) is 0 Å². The quantitative estimate of drug-likeness (QED) is 0.566. The average molecular weight is 138 g/mol. The predicted octanol–water partition coefficient (Wildman–Crippen LogP) is 0.319. The highest BCUT2D eigenvalue weighted by molar-refractivity contribution is 5.99. The molecule has 0 fully saturated rings. The van der Waals surface area contributed by atoms with Crippen molar-refractivity contribution in [2.45, 2.75) is 0 Å². The lowest BCUT2D eigenvalue weighted by Gasteiger charge is -1.99. The van der Waals surface area contributed by atoms with Gasteiger partial charge < -0.3 is 8.90 Å². The Bertz CT molecular complexity index is 183. The monoisotopic (exact) mass is 138 g/mol. The van der Waals surface area contributed by atoms with Crippen LogP contribution in [-0.4, -0.2) is 21.7 Å². The van der Waals surface area contributed by atoms with Crippen molar-refractivity contribution in [3.05, 3.63) is 24.3 Å². The van der Waals surface area contributed by atoms with Gasteiger partial charge >= 0.3 is 16.6 Å². The first-order chi connectivity index (χ1) is 4.33. The molecule has 3 heteroatoms. The van der Waals surface area contributed by atoms with E-state index < -0.39 is 0 Å². The Morgan fingerprint density at radius 3 is 2.22 bits per heavy atom. The van der Waals surface area contributed by atoms with Gasteiger partial charge in [0.25, 0.3) is 0 Å². The lowest BCUT2D eigenvalue weighted by Crippen LogP contribution is -1.82. The molecule has 0 bridgehead atoms. The molecule has 2 nitrogen and oxygen atoms in total. The molecule has 9 heavy (non-hydrogen) atoms. The van der Waals surface area contributed by atoms with E-state index in [2.05, 4.69) is 0 Å². The largest absolute Gasteiger partial charge is 0.647 e. The van der Waals surface area contributed by atoms with Crippen LogP contribution in [0.5, 0.6) is 11.5 Å². The van der Waals surface area contributed by atoms with E-state index >= 15 is 0 Å². The molecule has 0 spiro atoms. The standard InChI is InChI=1S/C6H6O2.Al.2H/c7-5-1-2-6(8)4-3-5;;;/h1-4,7-8H;;;/q;+1;;/p-1. The molecule has 1 aromatic rings.